The van der Waals surface area contributed by atoms with Crippen molar-refractivity contribution < 1.29 is 0 Å². The predicted molar refractivity (Wildman–Crippen MR) is 33.6 cm³/mol. The Balaban J connectivity index is 2.62. The zero-order chi connectivity index (χ0) is 5.82. The lowest BCUT2D eigenvalue weighted by Gasteiger charge is -1.93. The van der Waals surface area contributed by atoms with Crippen LogP contribution in [0.2, 0.25) is 0 Å². The molecule has 0 aliphatic carbocycles. The molecule has 0 radical (unpaired) electrons. The van der Waals surface area contributed by atoms with E-state index in [0.717, 1.165) is 0 Å². The van der Waals surface area contributed by atoms with E-state index in [1.54, 1.807) is 4.68 Å². The molecule has 4 heteroatoms. The summed E-state index contributed by atoms with van der Waals surface area (Å²) in [5.74, 6) is 0. The third-order valence-corrected chi connectivity index (χ3v) is 0.842. The van der Waals surface area contributed by atoms with E-state index in [1.807, 2.05) is 24.5 Å². The number of hydrogen-bond acceptors (Lipinski definition) is 2. The summed E-state index contributed by atoms with van der Waals surface area (Å²) in [5, 5.41) is 0. The normalized spacial score (nSPS) is 8.50. The molecule has 0 fully saturated rings. The number of aromatic nitrogens is 1. The highest BCUT2D eigenvalue weighted by Gasteiger charge is 1.77. The first-order valence-corrected chi connectivity index (χ1v) is 2.51. The minimum absolute atomic E-state index is 1.66. The standard InChI is InChI=1S/C4H5N3S/c8-6-5-7-3-1-2-4-7/h1-4H,(H,5,8). The van der Waals surface area contributed by atoms with Crippen LogP contribution < -0.4 is 5.53 Å². The lowest BCUT2D eigenvalue weighted by Crippen LogP contribution is -2.02. The molecule has 0 saturated carbocycles. The summed E-state index contributed by atoms with van der Waals surface area (Å²) in [5.41, 5.74) is 2.54. The first kappa shape index (κ1) is 5.24. The molecule has 1 aromatic rings. The van der Waals surface area contributed by atoms with Crippen LogP contribution in [-0.4, -0.2) is 4.68 Å². The molecule has 0 aliphatic heterocycles. The van der Waals surface area contributed by atoms with Crippen LogP contribution in [0.25, 0.3) is 0 Å². The van der Waals surface area contributed by atoms with Gasteiger partial charge in [-0.05, 0) is 12.1 Å². The molecule has 0 amide bonds. The Bertz CT molecular complexity index is 158. The van der Waals surface area contributed by atoms with Crippen LogP contribution in [0.15, 0.2) is 29.0 Å². The van der Waals surface area contributed by atoms with Crippen molar-refractivity contribution in [3.63, 3.8) is 0 Å². The second kappa shape index (κ2) is 2.42. The minimum Gasteiger partial charge on any atom is -0.254 e. The largest absolute Gasteiger partial charge is 0.254 e. The van der Waals surface area contributed by atoms with Crippen molar-refractivity contribution in [1.82, 2.24) is 4.68 Å². The summed E-state index contributed by atoms with van der Waals surface area (Å²) in [4.78, 5) is 0. The summed E-state index contributed by atoms with van der Waals surface area (Å²) in [7, 11) is 0. The molecular formula is C4H5N3S. The molecule has 1 N–H and O–H groups in total. The summed E-state index contributed by atoms with van der Waals surface area (Å²) < 4.78 is 4.93. The Morgan fingerprint density at radius 1 is 1.38 bits per heavy atom. The SMILES string of the molecule is S=NNn1cccc1. The number of nitrogens with zero attached hydrogens (tertiary/aromatic N) is 2. The van der Waals surface area contributed by atoms with Crippen LogP contribution in [0, 0.1) is 0 Å². The summed E-state index contributed by atoms with van der Waals surface area (Å²) >= 11 is 4.29. The van der Waals surface area contributed by atoms with Gasteiger partial charge in [0.05, 0.1) is 12.4 Å². The van der Waals surface area contributed by atoms with Gasteiger partial charge in [-0.15, -0.1) is 0 Å². The molecule has 0 aliphatic rings. The Morgan fingerprint density at radius 3 is 2.50 bits per heavy atom. The van der Waals surface area contributed by atoms with E-state index in [-0.39, 0.29) is 0 Å². The second-order valence-corrected chi connectivity index (χ2v) is 1.46. The second-order valence-electron chi connectivity index (χ2n) is 1.28. The maximum Gasteiger partial charge on any atom is 0.0646 e. The molecule has 42 valence electrons. The molecule has 0 bridgehead atoms. The van der Waals surface area contributed by atoms with E-state index < -0.39 is 0 Å². The quantitative estimate of drug-likeness (QED) is 0.592. The van der Waals surface area contributed by atoms with Gasteiger partial charge in [0, 0.05) is 12.4 Å². The van der Waals surface area contributed by atoms with Crippen LogP contribution in [0.4, 0.5) is 0 Å². The Morgan fingerprint density at radius 2 is 2.00 bits per heavy atom. The molecule has 1 heterocycles. The molecule has 1 rings (SSSR count). The van der Waals surface area contributed by atoms with Crippen LogP contribution in [-0.2, 0) is 12.4 Å². The molecule has 3 nitrogen and oxygen atoms in total. The van der Waals surface area contributed by atoms with Gasteiger partial charge in [-0.3, -0.25) is 4.68 Å². The van der Waals surface area contributed by atoms with Gasteiger partial charge in [-0.1, -0.05) is 4.47 Å². The van der Waals surface area contributed by atoms with Gasteiger partial charge in [-0.2, -0.15) is 0 Å². The fourth-order valence-corrected chi connectivity index (χ4v) is 0.543. The van der Waals surface area contributed by atoms with E-state index in [2.05, 4.69) is 22.4 Å². The highest BCUT2D eigenvalue weighted by atomic mass is 32.1. The first-order chi connectivity index (χ1) is 3.93. The van der Waals surface area contributed by atoms with E-state index in [9.17, 15) is 0 Å². The predicted octanol–water partition coefficient (Wildman–Crippen LogP) is 0.677. The lowest BCUT2D eigenvalue weighted by molar-refractivity contribution is 0.901. The number of nitrogens with one attached hydrogen (secondary N) is 1. The molecule has 8 heavy (non-hydrogen) atoms. The van der Waals surface area contributed by atoms with Gasteiger partial charge in [0.1, 0.15) is 0 Å². The topological polar surface area (TPSA) is 29.3 Å². The third kappa shape index (κ3) is 1.04. The average Bonchev–Trinajstić information content (AvgIpc) is 2.19. The fourth-order valence-electron chi connectivity index (χ4n) is 0.448. The van der Waals surface area contributed by atoms with Crippen molar-refractivity contribution in [2.45, 2.75) is 0 Å². The third-order valence-electron chi connectivity index (χ3n) is 0.761. The molecule has 0 saturated heterocycles. The van der Waals surface area contributed by atoms with E-state index >= 15 is 0 Å². The van der Waals surface area contributed by atoms with Crippen molar-refractivity contribution >= 4 is 12.4 Å². The molecule has 0 atom stereocenters. The van der Waals surface area contributed by atoms with Crippen molar-refractivity contribution in [1.29, 1.82) is 0 Å². The average molecular weight is 127 g/mol. The van der Waals surface area contributed by atoms with Gasteiger partial charge in [0.25, 0.3) is 0 Å². The van der Waals surface area contributed by atoms with Gasteiger partial charge < -0.3 is 0 Å². The van der Waals surface area contributed by atoms with Gasteiger partial charge in [0.15, 0.2) is 0 Å². The Hall–Kier alpha value is -0.900. The monoisotopic (exact) mass is 127 g/mol. The van der Waals surface area contributed by atoms with Crippen LogP contribution in [0.1, 0.15) is 0 Å². The molecule has 0 spiro atoms. The van der Waals surface area contributed by atoms with Crippen molar-refractivity contribution in [2.24, 2.45) is 4.47 Å². The summed E-state index contributed by atoms with van der Waals surface area (Å²) in [6.07, 6.45) is 3.63. The number of rotatable bonds is 2. The highest BCUT2D eigenvalue weighted by molar-refractivity contribution is 7.47. The van der Waals surface area contributed by atoms with Gasteiger partial charge in [0.2, 0.25) is 0 Å². The maximum atomic E-state index is 4.29. The molecule has 0 aromatic carbocycles. The zero-order valence-electron chi connectivity index (χ0n) is 4.11. The first-order valence-electron chi connectivity index (χ1n) is 2.15. The van der Waals surface area contributed by atoms with Gasteiger partial charge >= 0.3 is 0 Å². The van der Waals surface area contributed by atoms with Crippen molar-refractivity contribution in [3.8, 4) is 0 Å². The number of hydrogen-bond donors (Lipinski definition) is 1. The summed E-state index contributed by atoms with van der Waals surface area (Å²) in [6.45, 7) is 0. The van der Waals surface area contributed by atoms with E-state index in [1.165, 1.54) is 0 Å². The fraction of sp³-hybridized carbons (Fsp3) is 0. The van der Waals surface area contributed by atoms with Crippen molar-refractivity contribution in [3.05, 3.63) is 24.5 Å². The zero-order valence-corrected chi connectivity index (χ0v) is 4.93. The molecule has 1 aromatic heterocycles. The van der Waals surface area contributed by atoms with Crippen LogP contribution >= 0.6 is 0 Å². The highest BCUT2D eigenvalue weighted by Crippen LogP contribution is 1.83. The lowest BCUT2D eigenvalue weighted by atomic mass is 10.7. The van der Waals surface area contributed by atoms with E-state index in [0.29, 0.717) is 0 Å². The van der Waals surface area contributed by atoms with Crippen LogP contribution in [0.5, 0.6) is 0 Å². The van der Waals surface area contributed by atoms with Crippen LogP contribution in [0.3, 0.4) is 0 Å². The van der Waals surface area contributed by atoms with Crippen molar-refractivity contribution in [2.75, 3.05) is 5.53 Å². The molecular weight excluding hydrogens is 122 g/mol. The minimum atomic E-state index is 1.66. The molecule has 0 unspecified atom stereocenters. The Labute approximate surface area is 52.4 Å². The van der Waals surface area contributed by atoms with Gasteiger partial charge in [-0.25, -0.2) is 5.53 Å². The van der Waals surface area contributed by atoms with E-state index in [4.69, 9.17) is 0 Å². The maximum absolute atomic E-state index is 4.29. The summed E-state index contributed by atoms with van der Waals surface area (Å²) in [6, 6.07) is 3.76. The smallest absolute Gasteiger partial charge is 0.0646 e. The Kier molecular flexibility index (Phi) is 1.58.